The number of unbranched alkanes of at least 4 members (excludes halogenated alkanes) is 3. The average molecular weight is 221 g/mol. The first-order chi connectivity index (χ1) is 6.54. The highest BCUT2D eigenvalue weighted by Gasteiger charge is 2.21. The normalized spacial score (nSPS) is 14.2. The molecule has 0 bridgehead atoms. The number of aliphatic hydroxyl groups is 1. The van der Waals surface area contributed by atoms with Crippen molar-refractivity contribution < 1.29 is 13.5 Å². The molecule has 1 N–H and O–H groups in total. The molecule has 4 heteroatoms. The van der Waals surface area contributed by atoms with Crippen LogP contribution in [0.15, 0.2) is 0 Å². The van der Waals surface area contributed by atoms with E-state index in [1.165, 1.54) is 0 Å². The van der Waals surface area contributed by atoms with Crippen LogP contribution in [0.5, 0.6) is 0 Å². The molecule has 0 aromatic heterocycles. The summed E-state index contributed by atoms with van der Waals surface area (Å²) in [6.45, 7) is 5.63. The Morgan fingerprint density at radius 2 is 1.93 bits per heavy atom. The molecule has 0 aliphatic carbocycles. The number of hydrogen-bond acceptors (Lipinski definition) is 3. The van der Waals surface area contributed by atoms with E-state index in [0.29, 0.717) is 25.7 Å². The van der Waals surface area contributed by atoms with E-state index in [2.05, 4.69) is 6.92 Å². The number of rotatable bonds is 8. The van der Waals surface area contributed by atoms with Gasteiger partial charge in [-0.1, -0.05) is 33.1 Å². The lowest BCUT2D eigenvalue weighted by Gasteiger charge is -2.10. The molecule has 3 nitrogen and oxygen atoms in total. The molecule has 0 spiro atoms. The van der Waals surface area contributed by atoms with Crippen LogP contribution in [0.25, 0.3) is 0 Å². The van der Waals surface area contributed by atoms with Gasteiger partial charge >= 0.3 is 0 Å². The zero-order valence-corrected chi connectivity index (χ0v) is 9.72. The van der Waals surface area contributed by atoms with Crippen LogP contribution in [0.1, 0.15) is 45.4 Å². The van der Waals surface area contributed by atoms with E-state index < -0.39 is 15.3 Å². The Bertz CT molecular complexity index is 222. The maximum absolute atomic E-state index is 11.4. The molecule has 0 saturated heterocycles. The summed E-state index contributed by atoms with van der Waals surface area (Å²) in [6.07, 6.45) is 4.19. The monoisotopic (exact) mass is 221 g/mol. The first kappa shape index (κ1) is 13.9. The van der Waals surface area contributed by atoms with E-state index in [1.54, 1.807) is 0 Å². The molecule has 0 rings (SSSR count). The SMILES string of the molecule is [CH2]CCCC(O)S(=O)(=O)CCCCC. The summed E-state index contributed by atoms with van der Waals surface area (Å²) in [6, 6.07) is 0. The highest BCUT2D eigenvalue weighted by molar-refractivity contribution is 7.91. The molecular weight excluding hydrogens is 200 g/mol. The topological polar surface area (TPSA) is 54.4 Å². The predicted octanol–water partition coefficient (Wildman–Crippen LogP) is 1.91. The van der Waals surface area contributed by atoms with Gasteiger partial charge in [-0.25, -0.2) is 8.42 Å². The highest BCUT2D eigenvalue weighted by Crippen LogP contribution is 2.10. The molecular formula is C10H21O3S. The maximum atomic E-state index is 11.4. The van der Waals surface area contributed by atoms with Crippen molar-refractivity contribution in [2.75, 3.05) is 5.75 Å². The third-order valence-electron chi connectivity index (χ3n) is 2.15. The minimum absolute atomic E-state index is 0.110. The summed E-state index contributed by atoms with van der Waals surface area (Å²) < 4.78 is 22.9. The van der Waals surface area contributed by atoms with Gasteiger partial charge in [0.25, 0.3) is 0 Å². The third kappa shape index (κ3) is 5.60. The van der Waals surface area contributed by atoms with Crippen molar-refractivity contribution in [1.29, 1.82) is 0 Å². The molecule has 85 valence electrons. The number of hydrogen-bond donors (Lipinski definition) is 1. The van der Waals surface area contributed by atoms with Gasteiger partial charge < -0.3 is 5.11 Å². The van der Waals surface area contributed by atoms with Crippen molar-refractivity contribution in [3.8, 4) is 0 Å². The van der Waals surface area contributed by atoms with Crippen LogP contribution in [-0.4, -0.2) is 24.7 Å². The summed E-state index contributed by atoms with van der Waals surface area (Å²) in [5.41, 5.74) is -1.18. The van der Waals surface area contributed by atoms with Crippen LogP contribution in [0.4, 0.5) is 0 Å². The minimum Gasteiger partial charge on any atom is -0.377 e. The molecule has 0 aromatic rings. The molecule has 0 fully saturated rings. The van der Waals surface area contributed by atoms with E-state index >= 15 is 0 Å². The Hall–Kier alpha value is -0.0900. The number of aliphatic hydroxyl groups excluding tert-OH is 1. The van der Waals surface area contributed by atoms with E-state index in [9.17, 15) is 13.5 Å². The molecule has 0 amide bonds. The molecule has 1 radical (unpaired) electrons. The molecule has 0 heterocycles. The summed E-state index contributed by atoms with van der Waals surface area (Å²) in [7, 11) is -3.28. The zero-order chi connectivity index (χ0) is 11.0. The van der Waals surface area contributed by atoms with Crippen LogP contribution >= 0.6 is 0 Å². The van der Waals surface area contributed by atoms with E-state index in [4.69, 9.17) is 0 Å². The molecule has 14 heavy (non-hydrogen) atoms. The van der Waals surface area contributed by atoms with Gasteiger partial charge in [-0.2, -0.15) is 0 Å². The third-order valence-corrected chi connectivity index (χ3v) is 4.07. The minimum atomic E-state index is -3.28. The fourth-order valence-electron chi connectivity index (χ4n) is 1.19. The Morgan fingerprint density at radius 3 is 2.43 bits per heavy atom. The van der Waals surface area contributed by atoms with Gasteiger partial charge in [0.2, 0.25) is 0 Å². The Balaban J connectivity index is 3.91. The van der Waals surface area contributed by atoms with E-state index in [1.807, 2.05) is 6.92 Å². The maximum Gasteiger partial charge on any atom is 0.176 e. The predicted molar refractivity (Wildman–Crippen MR) is 58.5 cm³/mol. The summed E-state index contributed by atoms with van der Waals surface area (Å²) in [5.74, 6) is 0.110. The van der Waals surface area contributed by atoms with Gasteiger partial charge in [-0.15, -0.1) is 0 Å². The number of sulfone groups is 1. The lowest BCUT2D eigenvalue weighted by molar-refractivity contribution is 0.235. The van der Waals surface area contributed by atoms with Crippen LogP contribution in [0, 0.1) is 6.92 Å². The van der Waals surface area contributed by atoms with E-state index in [-0.39, 0.29) is 5.75 Å². The standard InChI is InChI=1S/C10H21O3S/c1-3-5-7-9-14(12,13)10(11)8-6-4-2/h10-11H,2-9H2,1H3. The molecule has 0 aliphatic rings. The van der Waals surface area contributed by atoms with Gasteiger partial charge in [0.05, 0.1) is 5.75 Å². The van der Waals surface area contributed by atoms with Gasteiger partial charge in [-0.05, 0) is 19.3 Å². The smallest absolute Gasteiger partial charge is 0.176 e. The summed E-state index contributed by atoms with van der Waals surface area (Å²) in [4.78, 5) is 0. The lowest BCUT2D eigenvalue weighted by atomic mass is 10.3. The van der Waals surface area contributed by atoms with Crippen molar-refractivity contribution in [1.82, 2.24) is 0 Å². The zero-order valence-electron chi connectivity index (χ0n) is 8.91. The largest absolute Gasteiger partial charge is 0.377 e. The van der Waals surface area contributed by atoms with Gasteiger partial charge in [-0.3, -0.25) is 0 Å². The summed E-state index contributed by atoms with van der Waals surface area (Å²) in [5, 5.41) is 9.39. The second-order valence-corrected chi connectivity index (χ2v) is 5.80. The van der Waals surface area contributed by atoms with Crippen molar-refractivity contribution in [2.45, 2.75) is 50.9 Å². The van der Waals surface area contributed by atoms with Crippen LogP contribution < -0.4 is 0 Å². The Morgan fingerprint density at radius 1 is 1.29 bits per heavy atom. The average Bonchev–Trinajstić information content (AvgIpc) is 2.14. The first-order valence-corrected chi connectivity index (χ1v) is 6.95. The quantitative estimate of drug-likeness (QED) is 0.637. The Labute approximate surface area is 87.4 Å². The van der Waals surface area contributed by atoms with Crippen molar-refractivity contribution >= 4 is 9.84 Å². The van der Waals surface area contributed by atoms with Gasteiger partial charge in [0.1, 0.15) is 0 Å². The van der Waals surface area contributed by atoms with E-state index in [0.717, 1.165) is 12.8 Å². The molecule has 0 aromatic carbocycles. The lowest BCUT2D eigenvalue weighted by Crippen LogP contribution is -2.23. The fraction of sp³-hybridized carbons (Fsp3) is 0.900. The van der Waals surface area contributed by atoms with Crippen molar-refractivity contribution in [3.63, 3.8) is 0 Å². The molecule has 0 aliphatic heterocycles. The highest BCUT2D eigenvalue weighted by atomic mass is 32.2. The van der Waals surface area contributed by atoms with Crippen LogP contribution in [0.2, 0.25) is 0 Å². The van der Waals surface area contributed by atoms with Crippen molar-refractivity contribution in [3.05, 3.63) is 6.92 Å². The molecule has 1 atom stereocenters. The second-order valence-electron chi connectivity index (χ2n) is 3.52. The fourth-order valence-corrected chi connectivity index (χ4v) is 2.59. The molecule has 1 unspecified atom stereocenters. The second kappa shape index (κ2) is 7.23. The van der Waals surface area contributed by atoms with Gasteiger partial charge in [0.15, 0.2) is 15.3 Å². The van der Waals surface area contributed by atoms with Crippen LogP contribution in [-0.2, 0) is 9.84 Å². The van der Waals surface area contributed by atoms with Gasteiger partial charge in [0, 0.05) is 0 Å². The summed E-state index contributed by atoms with van der Waals surface area (Å²) >= 11 is 0. The Kier molecular flexibility index (Phi) is 7.19. The van der Waals surface area contributed by atoms with Crippen molar-refractivity contribution in [2.24, 2.45) is 0 Å². The van der Waals surface area contributed by atoms with Crippen LogP contribution in [0.3, 0.4) is 0 Å². The molecule has 0 saturated carbocycles. The first-order valence-electron chi connectivity index (χ1n) is 5.23.